The smallest absolute Gasteiger partial charge is 0.287 e. The molecule has 10 aromatic carbocycles. The first-order valence-corrected chi connectivity index (χ1v) is 40.2. The van der Waals surface area contributed by atoms with Gasteiger partial charge in [-0.2, -0.15) is 20.4 Å². The fourth-order valence-electron chi connectivity index (χ4n) is 13.9. The number of thiophene rings is 4. The number of nitrogens with zero attached hydrogens (tertiary/aromatic N) is 4. The molecule has 0 saturated carbocycles. The zero-order valence-corrected chi connectivity index (χ0v) is 65.1. The number of hydrogen-bond acceptors (Lipinski definition) is 16. The zero-order chi connectivity index (χ0) is 78.3. The van der Waals surface area contributed by atoms with Crippen LogP contribution in [0.2, 0.25) is 0 Å². The van der Waals surface area contributed by atoms with Crippen LogP contribution in [0.5, 0.6) is 11.5 Å². The van der Waals surface area contributed by atoms with Gasteiger partial charge < -0.3 is 40.5 Å². The van der Waals surface area contributed by atoms with E-state index in [2.05, 4.69) is 213 Å². The molecule has 1 aliphatic rings. The number of amides is 5. The Morgan fingerprint density at radius 2 is 0.791 bits per heavy atom. The normalized spacial score (nSPS) is 12.5. The lowest BCUT2D eigenvalue weighted by Gasteiger charge is -2.09. The fourth-order valence-corrected chi connectivity index (χ4v) is 17.7. The highest BCUT2D eigenvalue weighted by molar-refractivity contribution is 7.19. The molecule has 1 saturated heterocycles. The van der Waals surface area contributed by atoms with E-state index >= 15 is 0 Å². The quantitative estimate of drug-likeness (QED) is 0.0388. The number of ether oxygens (including phenoxy) is 2. The molecule has 5 amide bonds. The Bertz CT molecular complexity index is 6820. The number of rotatable bonds is 18. The molecule has 0 bridgehead atoms. The van der Waals surface area contributed by atoms with Gasteiger partial charge in [-0.15, -0.1) is 45.3 Å². The second-order valence-corrected chi connectivity index (χ2v) is 31.7. The van der Waals surface area contributed by atoms with Gasteiger partial charge >= 0.3 is 0 Å². The summed E-state index contributed by atoms with van der Waals surface area (Å²) < 4.78 is 15.6. The van der Waals surface area contributed by atoms with Gasteiger partial charge in [0, 0.05) is 75.3 Å². The number of methoxy groups -OCH3 is 2. The first-order chi connectivity index (χ1) is 56.4. The van der Waals surface area contributed by atoms with Crippen LogP contribution in [0, 0.1) is 0 Å². The Morgan fingerprint density at radius 3 is 1.18 bits per heavy atom. The van der Waals surface area contributed by atoms with E-state index in [1.165, 1.54) is 49.4 Å². The third-order valence-corrected chi connectivity index (χ3v) is 23.9. The van der Waals surface area contributed by atoms with Gasteiger partial charge in [-0.25, -0.2) is 0 Å². The van der Waals surface area contributed by atoms with Crippen LogP contribution >= 0.6 is 45.3 Å². The Kier molecular flexibility index (Phi) is 21.4. The van der Waals surface area contributed by atoms with Crippen LogP contribution in [0.3, 0.4) is 0 Å². The van der Waals surface area contributed by atoms with Gasteiger partial charge in [0.2, 0.25) is 11.8 Å². The van der Waals surface area contributed by atoms with Crippen molar-refractivity contribution in [1.82, 2.24) is 67.4 Å². The van der Waals surface area contributed by atoms with Crippen LogP contribution in [0.1, 0.15) is 63.6 Å². The minimum atomic E-state index is -0.412. The molecule has 0 unspecified atom stereocenters. The Morgan fingerprint density at radius 1 is 0.400 bits per heavy atom. The summed E-state index contributed by atoms with van der Waals surface area (Å²) in [6, 6.07) is 84.3. The third-order valence-electron chi connectivity index (χ3n) is 19.8. The predicted molar refractivity (Wildman–Crippen MR) is 459 cm³/mol. The Hall–Kier alpha value is -13.9. The predicted octanol–water partition coefficient (Wildman–Crippen LogP) is 19.1. The van der Waals surface area contributed by atoms with E-state index in [-0.39, 0.29) is 29.5 Å². The van der Waals surface area contributed by atoms with Crippen molar-refractivity contribution in [1.29, 1.82) is 0 Å². The van der Waals surface area contributed by atoms with Crippen LogP contribution in [0.15, 0.2) is 265 Å². The van der Waals surface area contributed by atoms with Crippen LogP contribution in [-0.2, 0) is 35.8 Å². The molecule has 9 N–H and O–H groups in total. The molecule has 9 aromatic heterocycles. The highest BCUT2D eigenvalue weighted by atomic mass is 32.1. The van der Waals surface area contributed by atoms with E-state index in [0.29, 0.717) is 67.4 Å². The number of nitrogens with one attached hydrogen (secondary N) is 9. The number of fused-ring (bicyclic) bond motifs is 8. The molecule has 1 aliphatic heterocycles. The minimum absolute atomic E-state index is 0.0604. The molecule has 10 heterocycles. The summed E-state index contributed by atoms with van der Waals surface area (Å²) in [6.07, 6.45) is 2.47. The second kappa shape index (κ2) is 33.2. The molecular formula is C90H71N13O8S4. The molecular weight excluding hydrogens is 1520 g/mol. The SMILES string of the molecule is COc1cccc(C(=O)NCc2cc3c(-c4ccc5ccccc5c4)[nH]nc3s2)c1.COc1ccccc1C(=O)NCc1cc2c(-c3ccc4ccccc4c3)[nH]nc2s1.O=C(NCc1cc2c(-c3ccc4ccccc4c3)[nH]nc2s1)c1ccco1.O=C1CC[C@@H](C(=O)NCc2cc3c(-c4ccc5ccccc5c4)[nH]nc3s2)N1. The molecule has 568 valence electrons. The number of benzene rings is 10. The number of carbonyl (C=O) groups excluding carboxylic acids is 5. The molecule has 1 fully saturated rings. The molecule has 19 aromatic rings. The molecule has 20 rings (SSSR count). The number of aromatic nitrogens is 8. The topological polar surface area (TPSA) is 292 Å². The summed E-state index contributed by atoms with van der Waals surface area (Å²) in [4.78, 5) is 68.4. The first-order valence-electron chi connectivity index (χ1n) is 36.9. The van der Waals surface area contributed by atoms with E-state index in [1.54, 1.807) is 96.0 Å². The van der Waals surface area contributed by atoms with Crippen molar-refractivity contribution in [3.8, 4) is 56.5 Å². The third kappa shape index (κ3) is 16.3. The van der Waals surface area contributed by atoms with E-state index < -0.39 is 6.04 Å². The Balaban J connectivity index is 0.000000111. The van der Waals surface area contributed by atoms with E-state index in [9.17, 15) is 24.0 Å². The summed E-state index contributed by atoms with van der Waals surface area (Å²) in [5.74, 6) is 0.845. The first kappa shape index (κ1) is 73.9. The molecule has 115 heavy (non-hydrogen) atoms. The van der Waals surface area contributed by atoms with Crippen LogP contribution in [0.25, 0.3) is 129 Å². The van der Waals surface area contributed by atoms with Crippen LogP contribution in [-0.4, -0.2) is 90.6 Å². The van der Waals surface area contributed by atoms with Crippen molar-refractivity contribution >= 4 is 159 Å². The van der Waals surface area contributed by atoms with Crippen molar-refractivity contribution < 1.29 is 37.9 Å². The maximum atomic E-state index is 12.6. The van der Waals surface area contributed by atoms with Gasteiger partial charge in [0.1, 0.15) is 36.9 Å². The highest BCUT2D eigenvalue weighted by Gasteiger charge is 2.28. The summed E-state index contributed by atoms with van der Waals surface area (Å²) >= 11 is 6.28. The minimum Gasteiger partial charge on any atom is -0.497 e. The molecule has 25 heteroatoms. The average molecular weight is 1590 g/mol. The number of aromatic amines is 4. The number of furan rings is 1. The van der Waals surface area contributed by atoms with Crippen LogP contribution < -0.4 is 36.1 Å². The summed E-state index contributed by atoms with van der Waals surface area (Å²) in [7, 11) is 3.15. The van der Waals surface area contributed by atoms with Crippen molar-refractivity contribution in [2.24, 2.45) is 0 Å². The number of hydrogen-bond donors (Lipinski definition) is 9. The summed E-state index contributed by atoms with van der Waals surface area (Å²) in [6.45, 7) is 1.77. The van der Waals surface area contributed by atoms with Crippen molar-refractivity contribution in [3.63, 3.8) is 0 Å². The number of para-hydroxylation sites is 1. The molecule has 0 aliphatic carbocycles. The van der Waals surface area contributed by atoms with E-state index in [1.807, 2.05) is 72.8 Å². The van der Waals surface area contributed by atoms with Gasteiger partial charge in [-0.3, -0.25) is 44.4 Å². The maximum Gasteiger partial charge on any atom is 0.287 e. The van der Waals surface area contributed by atoms with Crippen molar-refractivity contribution in [2.45, 2.75) is 45.1 Å². The number of carbonyl (C=O) groups is 5. The monoisotopic (exact) mass is 1590 g/mol. The molecule has 0 radical (unpaired) electrons. The lowest BCUT2D eigenvalue weighted by molar-refractivity contribution is -0.125. The zero-order valence-electron chi connectivity index (χ0n) is 61.8. The molecule has 21 nitrogen and oxygen atoms in total. The van der Waals surface area contributed by atoms with Crippen molar-refractivity contribution in [2.75, 3.05) is 14.2 Å². The second-order valence-electron chi connectivity index (χ2n) is 27.2. The van der Waals surface area contributed by atoms with Gasteiger partial charge in [0.15, 0.2) is 5.76 Å². The van der Waals surface area contributed by atoms with E-state index in [0.717, 1.165) is 105 Å². The lowest BCUT2D eigenvalue weighted by atomic mass is 10.0. The summed E-state index contributed by atoms with van der Waals surface area (Å²) in [5, 5.41) is 58.7. The van der Waals surface area contributed by atoms with E-state index in [4.69, 9.17) is 13.9 Å². The maximum absolute atomic E-state index is 12.6. The number of H-pyrrole nitrogens is 4. The summed E-state index contributed by atoms with van der Waals surface area (Å²) in [5.41, 5.74) is 9.45. The van der Waals surface area contributed by atoms with Gasteiger partial charge in [0.05, 0.1) is 75.0 Å². The highest BCUT2D eigenvalue weighted by Crippen LogP contribution is 2.39. The van der Waals surface area contributed by atoms with Crippen molar-refractivity contribution in [3.05, 3.63) is 297 Å². The average Bonchev–Trinajstić information content (AvgIpc) is 1.66. The fraction of sp³-hybridized carbons (Fsp3) is 0.100. The van der Waals surface area contributed by atoms with Gasteiger partial charge in [-0.05, 0) is 141 Å². The van der Waals surface area contributed by atoms with Gasteiger partial charge in [-0.1, -0.05) is 164 Å². The molecule has 0 spiro atoms. The molecule has 1 atom stereocenters. The standard InChI is InChI=1S/2C24H19N3O2S.C21H18N4O2S.C21H15N3O2S/c1-29-21-9-5-4-8-19(21)23(28)25-14-18-13-20-22(26-27-24(20)30-18)17-11-10-15-6-2-3-7-16(15)12-17;1-29-19-8-4-7-18(12-19)23(28)25-14-20-13-21-22(26-27-24(21)30-20)17-10-9-15-5-2-3-6-16(15)11-17;26-18-8-7-17(23-18)20(27)22-11-15-10-16-19(24-25-21(16)28-15)14-6-5-12-3-1-2-4-13(12)9-14;25-20(18-6-3-9-26-18)22-12-16-11-17-19(23-24-21(17)27-16)15-8-7-13-4-1-2-5-14(13)10-15/h2*2-13H,14H2,1H3,(H,25,28)(H,26,27);1-6,9-10,17H,7-8,11H2,(H,22,27)(H,23,26)(H,24,25);1-11H,12H2,(H,22,25)(H,23,24)/t;;17-;/m..0./s1. The largest absolute Gasteiger partial charge is 0.497 e. The lowest BCUT2D eigenvalue weighted by Crippen LogP contribution is -2.41. The van der Waals surface area contributed by atoms with Gasteiger partial charge in [0.25, 0.3) is 17.7 Å². The Labute approximate surface area is 672 Å². The van der Waals surface area contributed by atoms with Crippen LogP contribution in [0.4, 0.5) is 0 Å².